The first-order valence-electron chi connectivity index (χ1n) is 12.9. The number of nitrogens with one attached hydrogen (secondary N) is 3. The molecular weight excluding hydrogens is 534 g/mol. The molecule has 9 nitrogen and oxygen atoms in total. The van der Waals surface area contributed by atoms with E-state index in [4.69, 9.17) is 9.97 Å². The summed E-state index contributed by atoms with van der Waals surface area (Å²) in [5.74, 6) is 1.50. The van der Waals surface area contributed by atoms with E-state index in [9.17, 15) is 8.42 Å². The molecule has 2 heterocycles. The normalized spacial score (nSPS) is 11.6. The zero-order valence-electron chi connectivity index (χ0n) is 22.6. The highest BCUT2D eigenvalue weighted by atomic mass is 32.2. The van der Waals surface area contributed by atoms with Crippen LogP contribution in [0.3, 0.4) is 0 Å². The minimum Gasteiger partial charge on any atom is -0.365 e. The Morgan fingerprint density at radius 2 is 1.44 bits per heavy atom. The topological polar surface area (TPSA) is 121 Å². The highest BCUT2D eigenvalue weighted by molar-refractivity contribution is 7.90. The summed E-state index contributed by atoms with van der Waals surface area (Å²) < 4.78 is 23.7. The van der Waals surface area contributed by atoms with Crippen LogP contribution in [-0.4, -0.2) is 35.3 Å². The summed E-state index contributed by atoms with van der Waals surface area (Å²) in [7, 11) is -3.29. The van der Waals surface area contributed by atoms with Gasteiger partial charge in [0.2, 0.25) is 5.95 Å². The molecule has 0 unspecified atom stereocenters. The highest BCUT2D eigenvalue weighted by Crippen LogP contribution is 2.35. The number of hydrogen-bond donors (Lipinski definition) is 3. The van der Waals surface area contributed by atoms with E-state index in [2.05, 4.69) is 26.1 Å². The minimum atomic E-state index is -3.29. The fourth-order valence-corrected chi connectivity index (χ4v) is 4.72. The van der Waals surface area contributed by atoms with Gasteiger partial charge in [-0.15, -0.1) is 0 Å². The largest absolute Gasteiger partial charge is 0.365 e. The molecule has 0 atom stereocenters. The maximum Gasteiger partial charge on any atom is 0.231 e. The number of sulfone groups is 1. The number of benzene rings is 3. The van der Waals surface area contributed by atoms with Gasteiger partial charge in [-0.1, -0.05) is 60.7 Å². The van der Waals surface area contributed by atoms with Gasteiger partial charge in [-0.3, -0.25) is 10.4 Å². The zero-order chi connectivity index (χ0) is 28.7. The van der Waals surface area contributed by atoms with Gasteiger partial charge in [-0.25, -0.2) is 8.42 Å². The number of para-hydroxylation sites is 1. The summed E-state index contributed by atoms with van der Waals surface area (Å²) in [4.78, 5) is 14.0. The van der Waals surface area contributed by atoms with Crippen molar-refractivity contribution in [3.63, 3.8) is 0 Å². The Morgan fingerprint density at radius 1 is 0.805 bits per heavy atom. The smallest absolute Gasteiger partial charge is 0.231 e. The first kappa shape index (κ1) is 27.5. The van der Waals surface area contributed by atoms with E-state index in [0.717, 1.165) is 27.9 Å². The first-order chi connectivity index (χ1) is 19.9. The van der Waals surface area contributed by atoms with Gasteiger partial charge in [0.25, 0.3) is 0 Å². The molecule has 5 rings (SSSR count). The molecule has 0 saturated heterocycles. The Hall–Kier alpha value is -5.09. The second kappa shape index (κ2) is 12.4. The molecule has 41 heavy (non-hydrogen) atoms. The van der Waals surface area contributed by atoms with Crippen LogP contribution in [0, 0.1) is 0 Å². The molecular formula is C31H29N7O2S. The Kier molecular flexibility index (Phi) is 8.31. The van der Waals surface area contributed by atoms with Crippen molar-refractivity contribution in [1.29, 1.82) is 0 Å². The van der Waals surface area contributed by atoms with Crippen molar-refractivity contribution in [1.82, 2.24) is 15.0 Å². The standard InChI is InChI=1S/C31H29N7O2S/c1-22(24-13-15-27(16-14-24)41(2,39)40)37-38-30-28(25-9-5-3-6-10-25)29(33-21-23-17-19-32-20-18-23)35-31(36-30)34-26-11-7-4-8-12-26/h3-20H,21H2,1-2H3,(H3,33,34,35,36,38). The summed E-state index contributed by atoms with van der Waals surface area (Å²) in [5, 5.41) is 11.4. The van der Waals surface area contributed by atoms with E-state index < -0.39 is 9.84 Å². The lowest BCUT2D eigenvalue weighted by Crippen LogP contribution is -2.10. The van der Waals surface area contributed by atoms with Crippen LogP contribution in [0.1, 0.15) is 18.1 Å². The van der Waals surface area contributed by atoms with Gasteiger partial charge >= 0.3 is 0 Å². The molecule has 0 saturated carbocycles. The van der Waals surface area contributed by atoms with Crippen LogP contribution in [0.15, 0.2) is 119 Å². The van der Waals surface area contributed by atoms with Crippen molar-refractivity contribution < 1.29 is 8.42 Å². The third-order valence-electron chi connectivity index (χ3n) is 6.24. The lowest BCUT2D eigenvalue weighted by molar-refractivity contribution is 0.602. The Morgan fingerprint density at radius 3 is 2.10 bits per heavy atom. The van der Waals surface area contributed by atoms with Crippen LogP contribution in [0.5, 0.6) is 0 Å². The van der Waals surface area contributed by atoms with Crippen molar-refractivity contribution in [2.45, 2.75) is 18.4 Å². The van der Waals surface area contributed by atoms with E-state index in [1.165, 1.54) is 6.26 Å². The monoisotopic (exact) mass is 563 g/mol. The fourth-order valence-electron chi connectivity index (χ4n) is 4.09. The van der Waals surface area contributed by atoms with Crippen molar-refractivity contribution in [2.24, 2.45) is 5.10 Å². The average Bonchev–Trinajstić information content (AvgIpc) is 3.00. The highest BCUT2D eigenvalue weighted by Gasteiger charge is 2.17. The average molecular weight is 564 g/mol. The van der Waals surface area contributed by atoms with Gasteiger partial charge in [0, 0.05) is 30.9 Å². The van der Waals surface area contributed by atoms with Gasteiger partial charge in [-0.2, -0.15) is 15.1 Å². The molecule has 0 aliphatic heterocycles. The SMILES string of the molecule is CC(=NNc1nc(Nc2ccccc2)nc(NCc2ccncc2)c1-c1ccccc1)c1ccc(S(C)(=O)=O)cc1. The number of hydrogen-bond acceptors (Lipinski definition) is 9. The lowest BCUT2D eigenvalue weighted by atomic mass is 10.1. The van der Waals surface area contributed by atoms with Gasteiger partial charge in [0.1, 0.15) is 5.82 Å². The van der Waals surface area contributed by atoms with Crippen molar-refractivity contribution in [2.75, 3.05) is 22.3 Å². The number of rotatable bonds is 10. The first-order valence-corrected chi connectivity index (χ1v) is 14.8. The number of nitrogens with zero attached hydrogens (tertiary/aromatic N) is 4. The van der Waals surface area contributed by atoms with E-state index in [1.54, 1.807) is 36.7 Å². The molecule has 3 aromatic carbocycles. The Balaban J connectivity index is 1.55. The van der Waals surface area contributed by atoms with Gasteiger partial charge in [-0.05, 0) is 60.0 Å². The van der Waals surface area contributed by atoms with E-state index in [1.807, 2.05) is 79.7 Å². The molecule has 3 N–H and O–H groups in total. The molecule has 5 aromatic rings. The van der Waals surface area contributed by atoms with E-state index in [0.29, 0.717) is 29.8 Å². The Bertz CT molecular complexity index is 1750. The predicted molar refractivity (Wildman–Crippen MR) is 164 cm³/mol. The van der Waals surface area contributed by atoms with Crippen LogP contribution in [0.4, 0.5) is 23.3 Å². The number of aromatic nitrogens is 3. The number of hydrazone groups is 1. The van der Waals surface area contributed by atoms with Crippen LogP contribution < -0.4 is 16.1 Å². The molecule has 0 amide bonds. The van der Waals surface area contributed by atoms with Crippen LogP contribution in [0.2, 0.25) is 0 Å². The van der Waals surface area contributed by atoms with Gasteiger partial charge < -0.3 is 10.6 Å². The number of pyridine rings is 1. The third kappa shape index (κ3) is 7.11. The summed E-state index contributed by atoms with van der Waals surface area (Å²) in [6.45, 7) is 2.37. The molecule has 0 fully saturated rings. The predicted octanol–water partition coefficient (Wildman–Crippen LogP) is 6.13. The molecule has 0 spiro atoms. The summed E-state index contributed by atoms with van der Waals surface area (Å²) in [5.41, 5.74) is 8.14. The molecule has 206 valence electrons. The second-order valence-electron chi connectivity index (χ2n) is 9.29. The molecule has 0 radical (unpaired) electrons. The van der Waals surface area contributed by atoms with Crippen LogP contribution in [-0.2, 0) is 16.4 Å². The summed E-state index contributed by atoms with van der Waals surface area (Å²) in [6.07, 6.45) is 4.70. The molecule has 0 bridgehead atoms. The molecule has 10 heteroatoms. The van der Waals surface area contributed by atoms with Crippen LogP contribution in [0.25, 0.3) is 11.1 Å². The lowest BCUT2D eigenvalue weighted by Gasteiger charge is -2.17. The number of anilines is 4. The molecule has 0 aliphatic carbocycles. The Labute approximate surface area is 239 Å². The van der Waals surface area contributed by atoms with Crippen molar-refractivity contribution >= 4 is 38.8 Å². The van der Waals surface area contributed by atoms with Crippen LogP contribution >= 0.6 is 0 Å². The summed E-state index contributed by atoms with van der Waals surface area (Å²) in [6, 6.07) is 30.1. The fraction of sp³-hybridized carbons (Fsp3) is 0.0968. The third-order valence-corrected chi connectivity index (χ3v) is 7.37. The maximum atomic E-state index is 11.9. The molecule has 0 aliphatic rings. The second-order valence-corrected chi connectivity index (χ2v) is 11.3. The summed E-state index contributed by atoms with van der Waals surface area (Å²) >= 11 is 0. The van der Waals surface area contributed by atoms with Gasteiger partial charge in [0.15, 0.2) is 15.7 Å². The van der Waals surface area contributed by atoms with Crippen molar-refractivity contribution in [3.05, 3.63) is 121 Å². The minimum absolute atomic E-state index is 0.255. The van der Waals surface area contributed by atoms with E-state index >= 15 is 0 Å². The quantitative estimate of drug-likeness (QED) is 0.137. The van der Waals surface area contributed by atoms with Gasteiger partial charge in [0.05, 0.1) is 16.2 Å². The molecule has 2 aromatic heterocycles. The zero-order valence-corrected chi connectivity index (χ0v) is 23.4. The van der Waals surface area contributed by atoms with Crippen molar-refractivity contribution in [3.8, 4) is 11.1 Å². The van der Waals surface area contributed by atoms with E-state index in [-0.39, 0.29) is 4.90 Å². The maximum absolute atomic E-state index is 11.9.